The van der Waals surface area contributed by atoms with Crippen molar-refractivity contribution in [1.29, 1.82) is 0 Å². The fourth-order valence-electron chi connectivity index (χ4n) is 3.56. The highest BCUT2D eigenvalue weighted by atomic mass is 35.5. The number of hydrogen-bond acceptors (Lipinski definition) is 7. The lowest BCUT2D eigenvalue weighted by Crippen LogP contribution is -2.33. The SMILES string of the molecule is CCc1nnc2sc(-c3ccc(C)c(NC(=S)NC(=O)/C=C/c4ccc(-c5ccc(Cl)cc5)o4)c3)nn12. The van der Waals surface area contributed by atoms with E-state index in [1.807, 2.05) is 50.2 Å². The normalized spacial score (nSPS) is 11.3. The van der Waals surface area contributed by atoms with Crippen LogP contribution in [-0.2, 0) is 11.2 Å². The summed E-state index contributed by atoms with van der Waals surface area (Å²) in [5.74, 6) is 1.66. The van der Waals surface area contributed by atoms with Crippen LogP contribution in [0.1, 0.15) is 24.1 Å². The van der Waals surface area contributed by atoms with Crippen LogP contribution in [0.2, 0.25) is 5.02 Å². The van der Waals surface area contributed by atoms with Gasteiger partial charge in [-0.3, -0.25) is 10.1 Å². The molecule has 0 saturated carbocycles. The molecule has 0 unspecified atom stereocenters. The zero-order chi connectivity index (χ0) is 25.9. The van der Waals surface area contributed by atoms with E-state index >= 15 is 0 Å². The van der Waals surface area contributed by atoms with Crippen LogP contribution in [0.4, 0.5) is 5.69 Å². The van der Waals surface area contributed by atoms with Gasteiger partial charge in [-0.05, 0) is 73.2 Å². The summed E-state index contributed by atoms with van der Waals surface area (Å²) in [5.41, 5.74) is 3.55. The van der Waals surface area contributed by atoms with Crippen molar-refractivity contribution in [3.8, 4) is 21.9 Å². The Kier molecular flexibility index (Phi) is 7.13. The number of carbonyl (C=O) groups excluding carboxylic acids is 1. The van der Waals surface area contributed by atoms with E-state index in [0.29, 0.717) is 16.5 Å². The molecule has 11 heteroatoms. The molecule has 0 aliphatic heterocycles. The summed E-state index contributed by atoms with van der Waals surface area (Å²) < 4.78 is 7.55. The van der Waals surface area contributed by atoms with Gasteiger partial charge in [0, 0.05) is 34.3 Å². The van der Waals surface area contributed by atoms with Crippen molar-refractivity contribution in [3.05, 3.63) is 82.8 Å². The number of amides is 1. The van der Waals surface area contributed by atoms with Crippen LogP contribution in [0.5, 0.6) is 0 Å². The quantitative estimate of drug-likeness (QED) is 0.193. The molecule has 5 rings (SSSR count). The Morgan fingerprint density at radius 2 is 1.92 bits per heavy atom. The second-order valence-corrected chi connectivity index (χ2v) is 9.89. The van der Waals surface area contributed by atoms with Crippen molar-refractivity contribution >= 4 is 62.9 Å². The second kappa shape index (κ2) is 10.6. The van der Waals surface area contributed by atoms with Crippen LogP contribution < -0.4 is 10.6 Å². The fraction of sp³-hybridized carbons (Fsp3) is 0.115. The number of carbonyl (C=O) groups is 1. The van der Waals surface area contributed by atoms with E-state index in [0.717, 1.165) is 44.6 Å². The highest BCUT2D eigenvalue weighted by molar-refractivity contribution is 7.80. The molecule has 0 saturated heterocycles. The third-order valence-electron chi connectivity index (χ3n) is 5.50. The molecule has 1 amide bonds. The summed E-state index contributed by atoms with van der Waals surface area (Å²) in [6, 6.07) is 16.9. The summed E-state index contributed by atoms with van der Waals surface area (Å²) in [6.07, 6.45) is 3.70. The van der Waals surface area contributed by atoms with Gasteiger partial charge in [-0.2, -0.15) is 9.61 Å². The van der Waals surface area contributed by atoms with Crippen LogP contribution >= 0.6 is 35.2 Å². The van der Waals surface area contributed by atoms with Crippen molar-refractivity contribution in [2.45, 2.75) is 20.3 Å². The van der Waals surface area contributed by atoms with Crippen LogP contribution in [0.25, 0.3) is 32.9 Å². The predicted octanol–water partition coefficient (Wildman–Crippen LogP) is 6.16. The van der Waals surface area contributed by atoms with E-state index in [2.05, 4.69) is 25.9 Å². The highest BCUT2D eigenvalue weighted by Crippen LogP contribution is 2.29. The molecule has 8 nitrogen and oxygen atoms in total. The molecule has 0 fully saturated rings. The van der Waals surface area contributed by atoms with E-state index in [1.54, 1.807) is 28.8 Å². The van der Waals surface area contributed by atoms with E-state index < -0.39 is 0 Å². The first-order valence-electron chi connectivity index (χ1n) is 11.4. The fourth-order valence-corrected chi connectivity index (χ4v) is 4.75. The van der Waals surface area contributed by atoms with Crippen LogP contribution in [-0.4, -0.2) is 30.8 Å². The summed E-state index contributed by atoms with van der Waals surface area (Å²) in [5, 5.41) is 20.4. The van der Waals surface area contributed by atoms with Gasteiger partial charge in [0.15, 0.2) is 10.9 Å². The van der Waals surface area contributed by atoms with Gasteiger partial charge in [0.05, 0.1) is 0 Å². The number of rotatable bonds is 6. The number of aryl methyl sites for hydroxylation is 2. The summed E-state index contributed by atoms with van der Waals surface area (Å²) in [7, 11) is 0. The lowest BCUT2D eigenvalue weighted by atomic mass is 10.1. The molecular weight excluding hydrogens is 528 g/mol. The highest BCUT2D eigenvalue weighted by Gasteiger charge is 2.13. The summed E-state index contributed by atoms with van der Waals surface area (Å²) >= 11 is 12.8. The molecule has 186 valence electrons. The van der Waals surface area contributed by atoms with Crippen molar-refractivity contribution < 1.29 is 9.21 Å². The molecule has 0 bridgehead atoms. The smallest absolute Gasteiger partial charge is 0.250 e. The van der Waals surface area contributed by atoms with Crippen molar-refractivity contribution in [2.24, 2.45) is 0 Å². The Balaban J connectivity index is 1.23. The Labute approximate surface area is 227 Å². The molecule has 37 heavy (non-hydrogen) atoms. The Bertz CT molecular complexity index is 1630. The van der Waals surface area contributed by atoms with Gasteiger partial charge in [-0.15, -0.1) is 10.2 Å². The largest absolute Gasteiger partial charge is 0.457 e. The van der Waals surface area contributed by atoms with Crippen molar-refractivity contribution in [2.75, 3.05) is 5.32 Å². The van der Waals surface area contributed by atoms with Gasteiger partial charge in [-0.1, -0.05) is 42.0 Å². The maximum atomic E-state index is 12.4. The van der Waals surface area contributed by atoms with E-state index in [4.69, 9.17) is 28.2 Å². The number of nitrogens with one attached hydrogen (secondary N) is 2. The molecule has 2 aromatic carbocycles. The van der Waals surface area contributed by atoms with Crippen molar-refractivity contribution in [3.63, 3.8) is 0 Å². The maximum absolute atomic E-state index is 12.4. The third-order valence-corrected chi connectivity index (χ3v) is 6.90. The van der Waals surface area contributed by atoms with E-state index in [-0.39, 0.29) is 11.0 Å². The number of halogens is 1. The van der Waals surface area contributed by atoms with Crippen molar-refractivity contribution in [1.82, 2.24) is 25.1 Å². The van der Waals surface area contributed by atoms with Gasteiger partial charge in [0.25, 0.3) is 0 Å². The Morgan fingerprint density at radius 3 is 2.70 bits per heavy atom. The summed E-state index contributed by atoms with van der Waals surface area (Å²) in [6.45, 7) is 3.97. The number of hydrogen-bond donors (Lipinski definition) is 2. The molecule has 0 radical (unpaired) electrons. The monoisotopic (exact) mass is 548 g/mol. The summed E-state index contributed by atoms with van der Waals surface area (Å²) in [4.78, 5) is 13.2. The average molecular weight is 549 g/mol. The van der Waals surface area contributed by atoms with Gasteiger partial charge < -0.3 is 9.73 Å². The molecule has 3 aromatic heterocycles. The van der Waals surface area contributed by atoms with Gasteiger partial charge in [0.1, 0.15) is 16.5 Å². The first kappa shape index (κ1) is 24.8. The first-order valence-corrected chi connectivity index (χ1v) is 13.0. The number of furan rings is 1. The molecule has 2 N–H and O–H groups in total. The minimum absolute atomic E-state index is 0.183. The maximum Gasteiger partial charge on any atom is 0.250 e. The van der Waals surface area contributed by atoms with E-state index in [1.165, 1.54) is 17.4 Å². The topological polar surface area (TPSA) is 97.3 Å². The van der Waals surface area contributed by atoms with Crippen LogP contribution in [0, 0.1) is 6.92 Å². The zero-order valence-corrected chi connectivity index (χ0v) is 22.2. The molecular formula is C26H21ClN6O2S2. The van der Waals surface area contributed by atoms with Gasteiger partial charge >= 0.3 is 0 Å². The Hall–Kier alpha value is -3.86. The zero-order valence-electron chi connectivity index (χ0n) is 19.9. The minimum atomic E-state index is -0.378. The number of benzene rings is 2. The lowest BCUT2D eigenvalue weighted by Gasteiger charge is -2.12. The first-order chi connectivity index (χ1) is 17.9. The van der Waals surface area contributed by atoms with Crippen LogP contribution in [0.15, 0.2) is 65.1 Å². The number of aromatic nitrogens is 4. The third kappa shape index (κ3) is 5.61. The average Bonchev–Trinajstić information content (AvgIpc) is 3.61. The molecule has 0 atom stereocenters. The van der Waals surface area contributed by atoms with Crippen LogP contribution in [0.3, 0.4) is 0 Å². The Morgan fingerprint density at radius 1 is 1.14 bits per heavy atom. The molecule has 0 aliphatic carbocycles. The molecule has 0 spiro atoms. The number of anilines is 1. The minimum Gasteiger partial charge on any atom is -0.457 e. The van der Waals surface area contributed by atoms with Gasteiger partial charge in [-0.25, -0.2) is 0 Å². The molecule has 3 heterocycles. The molecule has 0 aliphatic rings. The number of thiocarbonyl (C=S) groups is 1. The molecule has 5 aromatic rings. The van der Waals surface area contributed by atoms with E-state index in [9.17, 15) is 4.79 Å². The number of nitrogens with zero attached hydrogens (tertiary/aromatic N) is 4. The standard InChI is InChI=1S/C26H21ClN6O2S2/c1-3-22-30-31-26-33(22)32-24(37-26)17-5-4-15(2)20(14-17)28-25(36)29-23(34)13-11-19-10-12-21(35-19)16-6-8-18(27)9-7-16/h4-14H,3H2,1-2H3,(H2,28,29,34,36)/b13-11+. The predicted molar refractivity (Wildman–Crippen MR) is 151 cm³/mol. The van der Waals surface area contributed by atoms with Gasteiger partial charge in [0.2, 0.25) is 10.9 Å². The second-order valence-electron chi connectivity index (χ2n) is 8.09. The lowest BCUT2D eigenvalue weighted by molar-refractivity contribution is -0.115. The number of fused-ring (bicyclic) bond motifs is 1.